The van der Waals surface area contributed by atoms with Gasteiger partial charge in [0.2, 0.25) is 10.0 Å². The highest BCUT2D eigenvalue weighted by molar-refractivity contribution is 7.88. The molecule has 3 N–H and O–H groups in total. The van der Waals surface area contributed by atoms with Crippen LogP contribution in [-0.4, -0.2) is 15.0 Å². The van der Waals surface area contributed by atoms with Crippen molar-refractivity contribution in [2.24, 2.45) is 5.92 Å². The molecule has 1 aliphatic rings. The minimum atomic E-state index is -3.23. The zero-order valence-electron chi connectivity index (χ0n) is 9.72. The van der Waals surface area contributed by atoms with E-state index in [1.165, 1.54) is 6.42 Å². The topological polar surface area (TPSA) is 72.2 Å². The summed E-state index contributed by atoms with van der Waals surface area (Å²) in [6.07, 6.45) is 3.50. The van der Waals surface area contributed by atoms with Gasteiger partial charge in [-0.3, -0.25) is 0 Å². The number of nitrogens with one attached hydrogen (secondary N) is 1. The molecular formula is C12H18N2O2S. The average Bonchev–Trinajstić information content (AvgIpc) is 2.13. The van der Waals surface area contributed by atoms with Gasteiger partial charge in [-0.05, 0) is 36.5 Å². The molecule has 1 aromatic carbocycles. The first-order chi connectivity index (χ1) is 8.05. The van der Waals surface area contributed by atoms with Gasteiger partial charge in [0.25, 0.3) is 0 Å². The molecule has 1 fully saturated rings. The lowest BCUT2D eigenvalue weighted by atomic mass is 9.86. The average molecular weight is 254 g/mol. The summed E-state index contributed by atoms with van der Waals surface area (Å²) in [5.41, 5.74) is 6.94. The molecule has 4 nitrogen and oxygen atoms in total. The molecule has 1 aliphatic carbocycles. The molecule has 0 aromatic heterocycles. The fourth-order valence-electron chi connectivity index (χ4n) is 1.90. The standard InChI is InChI=1S/C12H18N2O2S/c13-12-6-2-5-11(7-12)9-17(15,16)14-8-10-3-1-4-10/h2,5-7,10,14H,1,3-4,8-9,13H2. The van der Waals surface area contributed by atoms with Crippen LogP contribution < -0.4 is 10.5 Å². The summed E-state index contributed by atoms with van der Waals surface area (Å²) >= 11 is 0. The van der Waals surface area contributed by atoms with Crippen molar-refractivity contribution in [3.63, 3.8) is 0 Å². The van der Waals surface area contributed by atoms with Gasteiger partial charge in [0.1, 0.15) is 0 Å². The smallest absolute Gasteiger partial charge is 0.215 e. The third kappa shape index (κ3) is 3.71. The highest BCUT2D eigenvalue weighted by Crippen LogP contribution is 2.25. The van der Waals surface area contributed by atoms with Crippen molar-refractivity contribution >= 4 is 15.7 Å². The normalized spacial score (nSPS) is 16.7. The van der Waals surface area contributed by atoms with Gasteiger partial charge in [-0.15, -0.1) is 0 Å². The lowest BCUT2D eigenvalue weighted by Gasteiger charge is -2.25. The van der Waals surface area contributed by atoms with Crippen LogP contribution in [0.5, 0.6) is 0 Å². The number of benzene rings is 1. The molecule has 94 valence electrons. The second-order valence-corrected chi connectivity index (χ2v) is 6.46. The molecule has 0 aliphatic heterocycles. The Balaban J connectivity index is 1.91. The maximum atomic E-state index is 11.8. The fraction of sp³-hybridized carbons (Fsp3) is 0.500. The lowest BCUT2D eigenvalue weighted by Crippen LogP contribution is -2.33. The maximum absolute atomic E-state index is 11.8. The third-order valence-electron chi connectivity index (χ3n) is 3.12. The first-order valence-corrected chi connectivity index (χ1v) is 7.52. The maximum Gasteiger partial charge on any atom is 0.215 e. The van der Waals surface area contributed by atoms with Crippen molar-refractivity contribution in [2.45, 2.75) is 25.0 Å². The van der Waals surface area contributed by atoms with Crippen molar-refractivity contribution in [1.82, 2.24) is 4.72 Å². The fourth-order valence-corrected chi connectivity index (χ4v) is 3.11. The Morgan fingerprint density at radius 1 is 1.35 bits per heavy atom. The van der Waals surface area contributed by atoms with Crippen LogP contribution in [0.4, 0.5) is 5.69 Å². The predicted molar refractivity (Wildman–Crippen MR) is 68.8 cm³/mol. The zero-order chi connectivity index (χ0) is 12.3. The van der Waals surface area contributed by atoms with E-state index in [4.69, 9.17) is 5.73 Å². The number of hydrogen-bond acceptors (Lipinski definition) is 3. The molecule has 0 heterocycles. The van der Waals surface area contributed by atoms with E-state index in [0.717, 1.165) is 18.4 Å². The van der Waals surface area contributed by atoms with E-state index >= 15 is 0 Å². The summed E-state index contributed by atoms with van der Waals surface area (Å²) in [5, 5.41) is 0. The van der Waals surface area contributed by atoms with E-state index in [1.54, 1.807) is 24.3 Å². The van der Waals surface area contributed by atoms with Gasteiger partial charge in [0, 0.05) is 12.2 Å². The van der Waals surface area contributed by atoms with Crippen molar-refractivity contribution in [1.29, 1.82) is 0 Å². The van der Waals surface area contributed by atoms with Gasteiger partial charge in [-0.1, -0.05) is 18.6 Å². The summed E-state index contributed by atoms with van der Waals surface area (Å²) < 4.78 is 26.3. The summed E-state index contributed by atoms with van der Waals surface area (Å²) in [6, 6.07) is 6.99. The van der Waals surface area contributed by atoms with Crippen LogP contribution in [0, 0.1) is 5.92 Å². The largest absolute Gasteiger partial charge is 0.399 e. The van der Waals surface area contributed by atoms with E-state index in [2.05, 4.69) is 4.72 Å². The number of sulfonamides is 1. The zero-order valence-corrected chi connectivity index (χ0v) is 10.5. The van der Waals surface area contributed by atoms with Crippen molar-refractivity contribution in [3.8, 4) is 0 Å². The van der Waals surface area contributed by atoms with E-state index < -0.39 is 10.0 Å². The van der Waals surface area contributed by atoms with Crippen LogP contribution >= 0.6 is 0 Å². The van der Waals surface area contributed by atoms with Crippen molar-refractivity contribution in [2.75, 3.05) is 12.3 Å². The summed E-state index contributed by atoms with van der Waals surface area (Å²) in [6.45, 7) is 0.574. The first-order valence-electron chi connectivity index (χ1n) is 5.87. The minimum Gasteiger partial charge on any atom is -0.399 e. The van der Waals surface area contributed by atoms with Crippen LogP contribution in [0.25, 0.3) is 0 Å². The van der Waals surface area contributed by atoms with Crippen molar-refractivity contribution in [3.05, 3.63) is 29.8 Å². The van der Waals surface area contributed by atoms with Gasteiger partial charge >= 0.3 is 0 Å². The number of rotatable bonds is 5. The Bertz CT molecular complexity index is 481. The van der Waals surface area contributed by atoms with E-state index in [1.807, 2.05) is 0 Å². The Kier molecular flexibility index (Phi) is 3.69. The molecule has 0 radical (unpaired) electrons. The summed E-state index contributed by atoms with van der Waals surface area (Å²) in [5.74, 6) is 0.538. The van der Waals surface area contributed by atoms with Crippen LogP contribution in [0.1, 0.15) is 24.8 Å². The molecule has 2 rings (SSSR count). The van der Waals surface area contributed by atoms with Gasteiger partial charge in [0.15, 0.2) is 0 Å². The molecule has 5 heteroatoms. The molecule has 0 saturated heterocycles. The highest BCUT2D eigenvalue weighted by Gasteiger charge is 2.20. The van der Waals surface area contributed by atoms with Gasteiger partial charge in [0.05, 0.1) is 5.75 Å². The Morgan fingerprint density at radius 3 is 2.71 bits per heavy atom. The molecule has 17 heavy (non-hydrogen) atoms. The molecular weight excluding hydrogens is 236 g/mol. The number of hydrogen-bond donors (Lipinski definition) is 2. The second-order valence-electron chi connectivity index (χ2n) is 4.65. The lowest BCUT2D eigenvalue weighted by molar-refractivity contribution is 0.316. The monoisotopic (exact) mass is 254 g/mol. The predicted octanol–water partition coefficient (Wildman–Crippen LogP) is 1.49. The molecule has 0 unspecified atom stereocenters. The van der Waals surface area contributed by atoms with Crippen LogP contribution in [0.3, 0.4) is 0 Å². The van der Waals surface area contributed by atoms with Gasteiger partial charge in [-0.2, -0.15) is 0 Å². The number of anilines is 1. The first kappa shape index (κ1) is 12.4. The molecule has 1 saturated carbocycles. The van der Waals surface area contributed by atoms with Crippen LogP contribution in [0.15, 0.2) is 24.3 Å². The number of nitrogens with two attached hydrogens (primary N) is 1. The molecule has 0 amide bonds. The molecule has 0 spiro atoms. The molecule has 0 bridgehead atoms. The summed E-state index contributed by atoms with van der Waals surface area (Å²) in [7, 11) is -3.23. The summed E-state index contributed by atoms with van der Waals surface area (Å²) in [4.78, 5) is 0. The number of nitrogen functional groups attached to an aromatic ring is 1. The SMILES string of the molecule is Nc1cccc(CS(=O)(=O)NCC2CCC2)c1. The Morgan fingerprint density at radius 2 is 2.12 bits per heavy atom. The van der Waals surface area contributed by atoms with Crippen LogP contribution in [-0.2, 0) is 15.8 Å². The Hall–Kier alpha value is -1.07. The quantitative estimate of drug-likeness (QED) is 0.782. The van der Waals surface area contributed by atoms with E-state index in [-0.39, 0.29) is 5.75 Å². The second kappa shape index (κ2) is 5.06. The Labute approximate surface area is 102 Å². The minimum absolute atomic E-state index is 0.00472. The van der Waals surface area contributed by atoms with Crippen LogP contribution in [0.2, 0.25) is 0 Å². The van der Waals surface area contributed by atoms with Gasteiger partial charge in [-0.25, -0.2) is 13.1 Å². The van der Waals surface area contributed by atoms with E-state index in [9.17, 15) is 8.42 Å². The highest BCUT2D eigenvalue weighted by atomic mass is 32.2. The van der Waals surface area contributed by atoms with Gasteiger partial charge < -0.3 is 5.73 Å². The van der Waals surface area contributed by atoms with E-state index in [0.29, 0.717) is 18.2 Å². The molecule has 0 atom stereocenters. The molecule has 1 aromatic rings. The van der Waals surface area contributed by atoms with Crippen molar-refractivity contribution < 1.29 is 8.42 Å². The third-order valence-corrected chi connectivity index (χ3v) is 4.44.